The number of nitrogens with zero attached hydrogens (tertiary/aromatic N) is 2. The maximum atomic E-state index is 10.4. The lowest BCUT2D eigenvalue weighted by Gasteiger charge is -2.13. The molecule has 2 aromatic heterocycles. The SMILES string of the molecule is N#Cc1ccc2oc3ccc(-c4cc(-c5ccc6oc7ccccc7c6c5)cc(-c5ccc(-c6ccccc6)cc5C#N)c4)cc3c2c1. The summed E-state index contributed by atoms with van der Waals surface area (Å²) in [5, 5.41) is 23.9. The van der Waals surface area contributed by atoms with Gasteiger partial charge in [-0.15, -0.1) is 0 Å². The van der Waals surface area contributed by atoms with Crippen molar-refractivity contribution in [3.05, 3.63) is 157 Å². The molecule has 48 heavy (non-hydrogen) atoms. The predicted octanol–water partition coefficient (Wildman–Crippen LogP) is 11.9. The van der Waals surface area contributed by atoms with Crippen molar-refractivity contribution in [2.45, 2.75) is 0 Å². The summed E-state index contributed by atoms with van der Waals surface area (Å²) in [5.74, 6) is 0. The normalized spacial score (nSPS) is 11.3. The molecule has 0 bridgehead atoms. The van der Waals surface area contributed by atoms with E-state index in [4.69, 9.17) is 8.83 Å². The predicted molar refractivity (Wildman–Crippen MR) is 192 cm³/mol. The van der Waals surface area contributed by atoms with Crippen molar-refractivity contribution in [2.24, 2.45) is 0 Å². The van der Waals surface area contributed by atoms with Gasteiger partial charge in [0.15, 0.2) is 0 Å². The van der Waals surface area contributed by atoms with Crippen LogP contribution in [0.15, 0.2) is 154 Å². The number of hydrogen-bond donors (Lipinski definition) is 0. The van der Waals surface area contributed by atoms with Crippen LogP contribution in [0.2, 0.25) is 0 Å². The van der Waals surface area contributed by atoms with E-state index in [0.29, 0.717) is 11.1 Å². The van der Waals surface area contributed by atoms with Crippen molar-refractivity contribution < 1.29 is 8.83 Å². The minimum atomic E-state index is 0.588. The van der Waals surface area contributed by atoms with Gasteiger partial charge in [0.05, 0.1) is 23.3 Å². The monoisotopic (exact) mass is 612 g/mol. The molecule has 222 valence electrons. The van der Waals surface area contributed by atoms with Crippen molar-refractivity contribution in [3.63, 3.8) is 0 Å². The third-order valence-electron chi connectivity index (χ3n) is 9.13. The highest BCUT2D eigenvalue weighted by molar-refractivity contribution is 6.08. The molecular weight excluding hydrogens is 588 g/mol. The zero-order valence-electron chi connectivity index (χ0n) is 25.6. The first-order valence-corrected chi connectivity index (χ1v) is 15.7. The van der Waals surface area contributed by atoms with E-state index >= 15 is 0 Å². The van der Waals surface area contributed by atoms with E-state index in [2.05, 4.69) is 78.9 Å². The van der Waals surface area contributed by atoms with Gasteiger partial charge in [0.1, 0.15) is 22.3 Å². The zero-order valence-corrected chi connectivity index (χ0v) is 25.6. The van der Waals surface area contributed by atoms with Crippen LogP contribution >= 0.6 is 0 Å². The maximum Gasteiger partial charge on any atom is 0.135 e. The van der Waals surface area contributed by atoms with Gasteiger partial charge in [-0.05, 0) is 117 Å². The molecule has 9 rings (SSSR count). The van der Waals surface area contributed by atoms with Crippen LogP contribution in [0.4, 0.5) is 0 Å². The summed E-state index contributed by atoms with van der Waals surface area (Å²) < 4.78 is 12.2. The number of nitriles is 2. The Morgan fingerprint density at radius 2 is 0.896 bits per heavy atom. The Kier molecular flexibility index (Phi) is 6.22. The minimum absolute atomic E-state index is 0.588. The molecule has 0 aliphatic heterocycles. The average molecular weight is 613 g/mol. The van der Waals surface area contributed by atoms with E-state index < -0.39 is 0 Å². The molecule has 0 amide bonds. The molecule has 0 aliphatic carbocycles. The summed E-state index contributed by atoms with van der Waals surface area (Å²) in [6.07, 6.45) is 0. The van der Waals surface area contributed by atoms with E-state index in [1.807, 2.05) is 72.8 Å². The minimum Gasteiger partial charge on any atom is -0.456 e. The van der Waals surface area contributed by atoms with Crippen LogP contribution in [0.1, 0.15) is 11.1 Å². The van der Waals surface area contributed by atoms with Gasteiger partial charge in [0, 0.05) is 21.5 Å². The third kappa shape index (κ3) is 4.52. The van der Waals surface area contributed by atoms with Crippen molar-refractivity contribution in [3.8, 4) is 56.6 Å². The maximum absolute atomic E-state index is 10.4. The molecule has 0 N–H and O–H groups in total. The second-order valence-corrected chi connectivity index (χ2v) is 12.0. The molecule has 0 fully saturated rings. The fourth-order valence-corrected chi connectivity index (χ4v) is 6.75. The van der Waals surface area contributed by atoms with Crippen LogP contribution < -0.4 is 0 Å². The van der Waals surface area contributed by atoms with Gasteiger partial charge in [0.25, 0.3) is 0 Å². The molecule has 0 saturated heterocycles. The first-order valence-electron chi connectivity index (χ1n) is 15.7. The fourth-order valence-electron chi connectivity index (χ4n) is 6.75. The summed E-state index contributed by atoms with van der Waals surface area (Å²) in [4.78, 5) is 0. The second-order valence-electron chi connectivity index (χ2n) is 12.0. The molecule has 0 aliphatic rings. The Hall–Kier alpha value is -6.88. The Morgan fingerprint density at radius 3 is 1.58 bits per heavy atom. The number of furan rings is 2. The van der Waals surface area contributed by atoms with Crippen LogP contribution in [-0.4, -0.2) is 0 Å². The molecular formula is C44H24N2O2. The summed E-state index contributed by atoms with van der Waals surface area (Å²) in [7, 11) is 0. The fraction of sp³-hybridized carbons (Fsp3) is 0. The number of hydrogen-bond acceptors (Lipinski definition) is 4. The van der Waals surface area contributed by atoms with Crippen molar-refractivity contribution in [1.29, 1.82) is 10.5 Å². The highest BCUT2D eigenvalue weighted by Gasteiger charge is 2.15. The molecule has 4 heteroatoms. The first-order chi connectivity index (χ1) is 23.6. The molecule has 7 aromatic carbocycles. The zero-order chi connectivity index (χ0) is 32.2. The summed E-state index contributed by atoms with van der Waals surface area (Å²) in [5.41, 5.74) is 12.4. The Labute approximate surface area is 275 Å². The van der Waals surface area contributed by atoms with Gasteiger partial charge in [0.2, 0.25) is 0 Å². The summed E-state index contributed by atoms with van der Waals surface area (Å²) in [6, 6.07) is 53.5. The number of fused-ring (bicyclic) bond motifs is 6. The van der Waals surface area contributed by atoms with Crippen molar-refractivity contribution in [2.75, 3.05) is 0 Å². The molecule has 0 unspecified atom stereocenters. The molecule has 0 radical (unpaired) electrons. The van der Waals surface area contributed by atoms with Crippen molar-refractivity contribution in [1.82, 2.24) is 0 Å². The average Bonchev–Trinajstić information content (AvgIpc) is 3.71. The molecule has 0 spiro atoms. The number of benzene rings is 7. The quantitative estimate of drug-likeness (QED) is 0.198. The van der Waals surface area contributed by atoms with Crippen LogP contribution in [0.25, 0.3) is 88.4 Å². The lowest BCUT2D eigenvalue weighted by Crippen LogP contribution is -1.90. The van der Waals surface area contributed by atoms with Gasteiger partial charge in [-0.1, -0.05) is 72.8 Å². The molecule has 9 aromatic rings. The van der Waals surface area contributed by atoms with Crippen LogP contribution in [-0.2, 0) is 0 Å². The van der Waals surface area contributed by atoms with Crippen LogP contribution in [0.5, 0.6) is 0 Å². The second kappa shape index (κ2) is 10.9. The van der Waals surface area contributed by atoms with Gasteiger partial charge >= 0.3 is 0 Å². The lowest BCUT2D eigenvalue weighted by molar-refractivity contribution is 0.668. The van der Waals surface area contributed by atoms with E-state index in [1.54, 1.807) is 6.07 Å². The van der Waals surface area contributed by atoms with E-state index in [9.17, 15) is 10.5 Å². The third-order valence-corrected chi connectivity index (χ3v) is 9.13. The van der Waals surface area contributed by atoms with E-state index in [1.165, 1.54) is 0 Å². The summed E-state index contributed by atoms with van der Waals surface area (Å²) >= 11 is 0. The van der Waals surface area contributed by atoms with Gasteiger partial charge in [-0.25, -0.2) is 0 Å². The number of para-hydroxylation sites is 1. The van der Waals surface area contributed by atoms with Crippen molar-refractivity contribution >= 4 is 43.9 Å². The Bertz CT molecular complexity index is 2810. The lowest BCUT2D eigenvalue weighted by atomic mass is 9.90. The molecule has 4 nitrogen and oxygen atoms in total. The topological polar surface area (TPSA) is 73.9 Å². The van der Waals surface area contributed by atoms with Gasteiger partial charge in [-0.2, -0.15) is 10.5 Å². The van der Waals surface area contributed by atoms with E-state index in [-0.39, 0.29) is 0 Å². The van der Waals surface area contributed by atoms with Crippen LogP contribution in [0.3, 0.4) is 0 Å². The van der Waals surface area contributed by atoms with Gasteiger partial charge in [-0.3, -0.25) is 0 Å². The van der Waals surface area contributed by atoms with E-state index in [0.717, 1.165) is 88.4 Å². The van der Waals surface area contributed by atoms with Gasteiger partial charge < -0.3 is 8.83 Å². The van der Waals surface area contributed by atoms with Crippen LogP contribution in [0, 0.1) is 22.7 Å². The largest absolute Gasteiger partial charge is 0.456 e. The molecule has 0 saturated carbocycles. The highest BCUT2D eigenvalue weighted by Crippen LogP contribution is 2.39. The highest BCUT2D eigenvalue weighted by atomic mass is 16.3. The molecule has 0 atom stereocenters. The standard InChI is InChI=1S/C44H24N2O2/c45-25-27-10-15-42-38(18-27)40-24-31(13-17-44(40)48-42)33-20-32(30-12-16-43-39(23-30)37-8-4-5-9-41(37)47-43)21-34(22-33)36-14-11-29(19-35(36)26-46)28-6-2-1-3-7-28/h1-24H. The first kappa shape index (κ1) is 27.4. The molecule has 2 heterocycles. The summed E-state index contributed by atoms with van der Waals surface area (Å²) in [6.45, 7) is 0. The Morgan fingerprint density at radius 1 is 0.354 bits per heavy atom. The Balaban J connectivity index is 1.26. The smallest absolute Gasteiger partial charge is 0.135 e. The number of rotatable bonds is 4.